The number of carbonyl (C=O) groups is 1. The molecular weight excluding hydrogens is 232 g/mol. The number of hydrogen-bond donors (Lipinski definition) is 0. The Labute approximate surface area is 108 Å². The van der Waals surface area contributed by atoms with Gasteiger partial charge in [-0.15, -0.1) is 12.3 Å². The molecule has 1 rings (SSSR count). The van der Waals surface area contributed by atoms with Crippen LogP contribution in [-0.4, -0.2) is 5.78 Å². The van der Waals surface area contributed by atoms with Crippen LogP contribution in [0.3, 0.4) is 0 Å². The van der Waals surface area contributed by atoms with E-state index in [-0.39, 0.29) is 11.7 Å². The van der Waals surface area contributed by atoms with Gasteiger partial charge >= 0.3 is 0 Å². The van der Waals surface area contributed by atoms with Crippen LogP contribution in [0.15, 0.2) is 23.8 Å². The third-order valence-electron chi connectivity index (χ3n) is 2.77. The molecular formula is C15H15ClO. The van der Waals surface area contributed by atoms with Crippen LogP contribution in [-0.2, 0) is 4.79 Å². The summed E-state index contributed by atoms with van der Waals surface area (Å²) in [4.78, 5) is 11.5. The van der Waals surface area contributed by atoms with Crippen molar-refractivity contribution in [2.45, 2.75) is 25.7 Å². The molecule has 1 aliphatic rings. The Bertz CT molecular complexity index is 428. The van der Waals surface area contributed by atoms with Gasteiger partial charge in [-0.25, -0.2) is 0 Å². The van der Waals surface area contributed by atoms with E-state index in [4.69, 9.17) is 18.0 Å². The van der Waals surface area contributed by atoms with E-state index in [9.17, 15) is 4.79 Å². The molecule has 0 aromatic rings. The quantitative estimate of drug-likeness (QED) is 0.684. The molecule has 0 N–H and O–H groups in total. The number of carbonyl (C=O) groups excluding carboxylic acids is 1. The van der Waals surface area contributed by atoms with Crippen molar-refractivity contribution in [3.8, 4) is 24.2 Å². The fourth-order valence-electron chi connectivity index (χ4n) is 2.11. The second-order valence-corrected chi connectivity index (χ2v) is 4.53. The summed E-state index contributed by atoms with van der Waals surface area (Å²) in [6.45, 7) is 3.88. The highest BCUT2D eigenvalue weighted by Crippen LogP contribution is 2.30. The lowest BCUT2D eigenvalue weighted by Crippen LogP contribution is -2.22. The first kappa shape index (κ1) is 13.6. The fraction of sp³-hybridized carbons (Fsp3) is 0.400. The Morgan fingerprint density at radius 3 is 3.00 bits per heavy atom. The zero-order chi connectivity index (χ0) is 12.7. The summed E-state index contributed by atoms with van der Waals surface area (Å²) < 4.78 is 0. The topological polar surface area (TPSA) is 17.1 Å². The lowest BCUT2D eigenvalue weighted by Gasteiger charge is -2.24. The van der Waals surface area contributed by atoms with Gasteiger partial charge in [-0.3, -0.25) is 4.79 Å². The summed E-state index contributed by atoms with van der Waals surface area (Å²) in [5, 5.41) is 0. The molecule has 88 valence electrons. The molecule has 0 aromatic heterocycles. The predicted molar refractivity (Wildman–Crippen MR) is 71.2 cm³/mol. The second-order valence-electron chi connectivity index (χ2n) is 4.28. The zero-order valence-corrected chi connectivity index (χ0v) is 10.5. The van der Waals surface area contributed by atoms with Gasteiger partial charge in [0.25, 0.3) is 0 Å². The van der Waals surface area contributed by atoms with Crippen molar-refractivity contribution in [1.29, 1.82) is 0 Å². The van der Waals surface area contributed by atoms with E-state index in [2.05, 4.69) is 24.3 Å². The molecule has 1 saturated carbocycles. The standard InChI is InChI=1S/C15H15ClO/c1-3-13-9-14(11-15(17)10-13)8-12(2)6-4-5-7-16/h1,5,7,13-14H,2,8-11H2/b7-5-/t13-,14-/m1/s1. The largest absolute Gasteiger partial charge is 0.300 e. The van der Waals surface area contributed by atoms with Gasteiger partial charge in [0.15, 0.2) is 0 Å². The van der Waals surface area contributed by atoms with Crippen LogP contribution in [0.25, 0.3) is 0 Å². The minimum atomic E-state index is 0.0877. The van der Waals surface area contributed by atoms with Gasteiger partial charge in [0, 0.05) is 24.3 Å². The number of halogens is 1. The maximum Gasteiger partial charge on any atom is 0.134 e. The van der Waals surface area contributed by atoms with Crippen molar-refractivity contribution in [3.05, 3.63) is 23.8 Å². The van der Waals surface area contributed by atoms with Gasteiger partial charge in [0.05, 0.1) is 0 Å². The Kier molecular flexibility index (Phi) is 5.61. The van der Waals surface area contributed by atoms with Gasteiger partial charge in [-0.2, -0.15) is 0 Å². The number of terminal acetylenes is 1. The van der Waals surface area contributed by atoms with Crippen LogP contribution >= 0.6 is 11.6 Å². The Hall–Kier alpha value is -1.44. The van der Waals surface area contributed by atoms with E-state index >= 15 is 0 Å². The van der Waals surface area contributed by atoms with Gasteiger partial charge in [0.1, 0.15) is 5.78 Å². The summed E-state index contributed by atoms with van der Waals surface area (Å²) in [6, 6.07) is 0. The Balaban J connectivity index is 2.52. The first-order chi connectivity index (χ1) is 8.15. The number of rotatable bonds is 2. The molecule has 2 heteroatoms. The van der Waals surface area contributed by atoms with Gasteiger partial charge in [0.2, 0.25) is 0 Å². The van der Waals surface area contributed by atoms with Crippen molar-refractivity contribution in [2.75, 3.05) is 0 Å². The summed E-state index contributed by atoms with van der Waals surface area (Å²) in [5.41, 5.74) is 2.19. The van der Waals surface area contributed by atoms with Crippen LogP contribution in [0, 0.1) is 36.0 Å². The van der Waals surface area contributed by atoms with Crippen molar-refractivity contribution in [2.24, 2.45) is 11.8 Å². The third-order valence-corrected chi connectivity index (χ3v) is 2.90. The van der Waals surface area contributed by atoms with Gasteiger partial charge in [-0.05, 0) is 30.4 Å². The molecule has 1 fully saturated rings. The molecule has 0 unspecified atom stereocenters. The lowest BCUT2D eigenvalue weighted by molar-refractivity contribution is -0.122. The molecule has 0 bridgehead atoms. The molecule has 0 aliphatic heterocycles. The van der Waals surface area contributed by atoms with E-state index in [1.54, 1.807) is 6.08 Å². The normalized spacial score (nSPS) is 23.9. The molecule has 1 nitrogen and oxygen atoms in total. The molecule has 0 amide bonds. The molecule has 0 heterocycles. The Morgan fingerprint density at radius 1 is 1.59 bits per heavy atom. The van der Waals surface area contributed by atoms with Crippen LogP contribution < -0.4 is 0 Å². The average molecular weight is 247 g/mol. The molecule has 0 radical (unpaired) electrons. The monoisotopic (exact) mass is 246 g/mol. The first-order valence-electron chi connectivity index (χ1n) is 5.58. The summed E-state index contributed by atoms with van der Waals surface area (Å²) in [6.07, 6.45) is 9.71. The lowest BCUT2D eigenvalue weighted by atomic mass is 9.78. The van der Waals surface area contributed by atoms with Crippen molar-refractivity contribution < 1.29 is 4.79 Å². The predicted octanol–water partition coefficient (Wildman–Crippen LogP) is 3.31. The van der Waals surface area contributed by atoms with Gasteiger partial charge < -0.3 is 0 Å². The maximum absolute atomic E-state index is 11.5. The van der Waals surface area contributed by atoms with Crippen LogP contribution in [0.4, 0.5) is 0 Å². The van der Waals surface area contributed by atoms with Crippen molar-refractivity contribution in [1.82, 2.24) is 0 Å². The van der Waals surface area contributed by atoms with E-state index < -0.39 is 0 Å². The van der Waals surface area contributed by atoms with Crippen molar-refractivity contribution in [3.63, 3.8) is 0 Å². The molecule has 1 aliphatic carbocycles. The number of Topliss-reactive ketones (excluding diaryl/α,β-unsaturated/α-hetero) is 1. The smallest absolute Gasteiger partial charge is 0.134 e. The van der Waals surface area contributed by atoms with Crippen LogP contribution in [0.5, 0.6) is 0 Å². The highest BCUT2D eigenvalue weighted by atomic mass is 35.5. The summed E-state index contributed by atoms with van der Waals surface area (Å²) in [7, 11) is 0. The highest BCUT2D eigenvalue weighted by molar-refractivity contribution is 6.25. The minimum Gasteiger partial charge on any atom is -0.300 e. The number of ketones is 1. The summed E-state index contributed by atoms with van der Waals surface area (Å²) >= 11 is 5.35. The first-order valence-corrected chi connectivity index (χ1v) is 6.01. The molecule has 0 saturated heterocycles. The molecule has 2 atom stereocenters. The Morgan fingerprint density at radius 2 is 2.35 bits per heavy atom. The van der Waals surface area contributed by atoms with E-state index in [0.29, 0.717) is 18.8 Å². The van der Waals surface area contributed by atoms with Crippen LogP contribution in [0.1, 0.15) is 25.7 Å². The number of allylic oxidation sites excluding steroid dienone is 2. The van der Waals surface area contributed by atoms with Crippen LogP contribution in [0.2, 0.25) is 0 Å². The third kappa shape index (κ3) is 4.94. The maximum atomic E-state index is 11.5. The SMILES string of the molecule is C#C[C@H]1CC(=O)C[C@H](CC(=C)C#C/C=C\Cl)C1. The summed E-state index contributed by atoms with van der Waals surface area (Å²) in [5.74, 6) is 8.98. The molecule has 0 spiro atoms. The average Bonchev–Trinajstić information content (AvgIpc) is 2.28. The minimum absolute atomic E-state index is 0.0877. The fourth-order valence-corrected chi connectivity index (χ4v) is 2.17. The number of hydrogen-bond acceptors (Lipinski definition) is 1. The highest BCUT2D eigenvalue weighted by Gasteiger charge is 2.26. The zero-order valence-electron chi connectivity index (χ0n) is 9.71. The van der Waals surface area contributed by atoms with Gasteiger partial charge in [-0.1, -0.05) is 30.0 Å². The van der Waals surface area contributed by atoms with E-state index in [0.717, 1.165) is 18.4 Å². The van der Waals surface area contributed by atoms with E-state index in [1.807, 2.05) is 0 Å². The molecule has 0 aromatic carbocycles. The van der Waals surface area contributed by atoms with E-state index in [1.165, 1.54) is 5.54 Å². The molecule has 17 heavy (non-hydrogen) atoms. The second kappa shape index (κ2) is 7.00. The van der Waals surface area contributed by atoms with Crippen molar-refractivity contribution >= 4 is 17.4 Å².